The van der Waals surface area contributed by atoms with Crippen LogP contribution in [0.1, 0.15) is 13.8 Å². The van der Waals surface area contributed by atoms with E-state index in [-0.39, 0.29) is 11.7 Å². The third-order valence-electron chi connectivity index (χ3n) is 1.73. The first-order chi connectivity index (χ1) is 4.89. The molecule has 1 fully saturated rings. The number of rotatable bonds is 0. The lowest BCUT2D eigenvalue weighted by Gasteiger charge is -2.22. The van der Waals surface area contributed by atoms with E-state index >= 15 is 0 Å². The van der Waals surface area contributed by atoms with Gasteiger partial charge in [0.2, 0.25) is 0 Å². The highest BCUT2D eigenvalue weighted by atomic mass is 79.9. The number of alkyl halides is 1. The maximum Gasteiger partial charge on any atom is 0.254 e. The molecule has 1 aliphatic rings. The quantitative estimate of drug-likeness (QED) is 0.381. The number of amides is 1. The van der Waals surface area contributed by atoms with E-state index in [0.717, 1.165) is 0 Å². The monoisotopic (exact) mass is 283 g/mol. The topological polar surface area (TPSA) is 37.4 Å². The van der Waals surface area contributed by atoms with Crippen LogP contribution in [0.2, 0.25) is 0 Å². The van der Waals surface area contributed by atoms with Crippen molar-refractivity contribution in [2.45, 2.75) is 24.2 Å². The summed E-state index contributed by atoms with van der Waals surface area (Å²) in [5.41, 5.74) is -0.731. The summed E-state index contributed by atoms with van der Waals surface area (Å²) in [6.07, 6.45) is 0. The second kappa shape index (κ2) is 2.55. The van der Waals surface area contributed by atoms with Crippen LogP contribution >= 0.6 is 32.1 Å². The van der Waals surface area contributed by atoms with E-state index in [9.17, 15) is 9.59 Å². The van der Waals surface area contributed by atoms with Crippen LogP contribution in [0.5, 0.6) is 0 Å². The molecule has 0 aromatic rings. The Morgan fingerprint density at radius 1 is 1.45 bits per heavy atom. The molecular formula is C6H7Br2NO2. The molecule has 1 aliphatic heterocycles. The molecule has 1 atom stereocenters. The van der Waals surface area contributed by atoms with E-state index in [1.54, 1.807) is 13.8 Å². The first-order valence-electron chi connectivity index (χ1n) is 3.07. The summed E-state index contributed by atoms with van der Waals surface area (Å²) in [4.78, 5) is 21.8. The van der Waals surface area contributed by atoms with Crippen molar-refractivity contribution in [1.82, 2.24) is 3.93 Å². The van der Waals surface area contributed by atoms with Crippen LogP contribution in [0.15, 0.2) is 0 Å². The van der Waals surface area contributed by atoms with Crippen molar-refractivity contribution in [1.29, 1.82) is 0 Å². The number of ketones is 1. The van der Waals surface area contributed by atoms with E-state index in [2.05, 4.69) is 32.1 Å². The van der Waals surface area contributed by atoms with E-state index in [4.69, 9.17) is 0 Å². The molecule has 1 heterocycles. The van der Waals surface area contributed by atoms with Crippen LogP contribution in [-0.2, 0) is 9.59 Å². The summed E-state index contributed by atoms with van der Waals surface area (Å²) >= 11 is 6.05. The van der Waals surface area contributed by atoms with E-state index < -0.39 is 10.4 Å². The van der Waals surface area contributed by atoms with Crippen molar-refractivity contribution >= 4 is 43.8 Å². The van der Waals surface area contributed by atoms with Gasteiger partial charge in [0.25, 0.3) is 5.91 Å². The van der Waals surface area contributed by atoms with Crippen molar-refractivity contribution in [2.75, 3.05) is 0 Å². The van der Waals surface area contributed by atoms with Crippen LogP contribution in [0.3, 0.4) is 0 Å². The zero-order chi connectivity index (χ0) is 8.81. The van der Waals surface area contributed by atoms with Crippen LogP contribution in [0.25, 0.3) is 0 Å². The molecule has 62 valence electrons. The number of carbonyl (C=O) groups excluding carboxylic acids is 2. The van der Waals surface area contributed by atoms with Crippen molar-refractivity contribution in [2.24, 2.45) is 0 Å². The highest BCUT2D eigenvalue weighted by molar-refractivity contribution is 9.10. The molecule has 0 aromatic carbocycles. The SMILES string of the molecule is CC1(C)C(=O)C(Br)C(=O)N1Br. The van der Waals surface area contributed by atoms with E-state index in [0.29, 0.717) is 0 Å². The maximum absolute atomic E-state index is 11.3. The molecule has 0 bridgehead atoms. The predicted molar refractivity (Wildman–Crippen MR) is 47.6 cm³/mol. The van der Waals surface area contributed by atoms with Gasteiger partial charge in [-0.1, -0.05) is 15.9 Å². The Bertz CT molecular complexity index is 227. The number of Topliss-reactive ketones (excluding diaryl/α,β-unsaturated/α-hetero) is 1. The Kier molecular flexibility index (Phi) is 2.13. The van der Waals surface area contributed by atoms with Gasteiger partial charge in [-0.3, -0.25) is 13.5 Å². The molecule has 1 saturated heterocycles. The lowest BCUT2D eigenvalue weighted by Crippen LogP contribution is -2.37. The van der Waals surface area contributed by atoms with Gasteiger partial charge in [-0.25, -0.2) is 0 Å². The summed E-state index contributed by atoms with van der Waals surface area (Å²) in [6, 6.07) is 0. The summed E-state index contributed by atoms with van der Waals surface area (Å²) in [7, 11) is 0. The highest BCUT2D eigenvalue weighted by Gasteiger charge is 2.51. The number of hydrogen-bond donors (Lipinski definition) is 0. The normalized spacial score (nSPS) is 29.8. The molecule has 3 nitrogen and oxygen atoms in total. The van der Waals surface area contributed by atoms with Crippen LogP contribution in [0, 0.1) is 0 Å². The second-order valence-corrected chi connectivity index (χ2v) is 4.53. The minimum absolute atomic E-state index is 0.112. The second-order valence-electron chi connectivity index (χ2n) is 2.90. The number of carbonyl (C=O) groups is 2. The van der Waals surface area contributed by atoms with Gasteiger partial charge in [0.15, 0.2) is 10.6 Å². The third-order valence-corrected chi connectivity index (χ3v) is 3.78. The first-order valence-corrected chi connectivity index (χ1v) is 4.70. The summed E-state index contributed by atoms with van der Waals surface area (Å²) in [6.45, 7) is 3.40. The molecule has 0 aromatic heterocycles. The predicted octanol–water partition coefficient (Wildman–Crippen LogP) is 1.25. The average Bonchev–Trinajstić information content (AvgIpc) is 2.06. The fraction of sp³-hybridized carbons (Fsp3) is 0.667. The largest absolute Gasteiger partial charge is 0.295 e. The maximum atomic E-state index is 11.3. The zero-order valence-electron chi connectivity index (χ0n) is 6.10. The summed E-state index contributed by atoms with van der Waals surface area (Å²) in [5.74, 6) is -0.348. The van der Waals surface area contributed by atoms with Crippen LogP contribution in [-0.4, -0.2) is 26.0 Å². The molecule has 11 heavy (non-hydrogen) atoms. The third kappa shape index (κ3) is 1.14. The lowest BCUT2D eigenvalue weighted by atomic mass is 10.0. The van der Waals surface area contributed by atoms with Gasteiger partial charge in [-0.15, -0.1) is 0 Å². The minimum Gasteiger partial charge on any atom is -0.295 e. The molecule has 0 radical (unpaired) electrons. The number of halogens is 2. The molecule has 1 unspecified atom stereocenters. The van der Waals surface area contributed by atoms with Gasteiger partial charge in [0.1, 0.15) is 5.54 Å². The van der Waals surface area contributed by atoms with Crippen molar-refractivity contribution < 1.29 is 9.59 Å². The zero-order valence-corrected chi connectivity index (χ0v) is 9.27. The van der Waals surface area contributed by atoms with E-state index in [1.807, 2.05) is 0 Å². The number of hydrogen-bond acceptors (Lipinski definition) is 2. The molecule has 1 rings (SSSR count). The molecular weight excluding hydrogens is 278 g/mol. The Morgan fingerprint density at radius 3 is 2.00 bits per heavy atom. The number of nitrogens with zero attached hydrogens (tertiary/aromatic N) is 1. The Morgan fingerprint density at radius 2 is 1.91 bits per heavy atom. The fourth-order valence-electron chi connectivity index (χ4n) is 0.894. The highest BCUT2D eigenvalue weighted by Crippen LogP contribution is 2.32. The Balaban J connectivity index is 3.06. The van der Waals surface area contributed by atoms with Crippen LogP contribution < -0.4 is 0 Å². The standard InChI is InChI=1S/C6H7Br2NO2/c1-6(2)4(10)3(7)5(11)9(6)8/h3H,1-2H3. The van der Waals surface area contributed by atoms with Gasteiger partial charge in [0.05, 0.1) is 16.1 Å². The van der Waals surface area contributed by atoms with E-state index in [1.165, 1.54) is 3.93 Å². The summed E-state index contributed by atoms with van der Waals surface area (Å²) < 4.78 is 1.28. The minimum atomic E-state index is -0.731. The molecule has 0 saturated carbocycles. The summed E-state index contributed by atoms with van der Waals surface area (Å²) in [5, 5.41) is 0. The molecule has 5 heteroatoms. The first kappa shape index (κ1) is 9.19. The van der Waals surface area contributed by atoms with Gasteiger partial charge in [-0.05, 0) is 13.8 Å². The molecule has 0 spiro atoms. The lowest BCUT2D eigenvalue weighted by molar-refractivity contribution is -0.124. The Labute approximate surface area is 81.6 Å². The Hall–Kier alpha value is 0.1000. The average molecular weight is 285 g/mol. The molecule has 0 N–H and O–H groups in total. The smallest absolute Gasteiger partial charge is 0.254 e. The van der Waals surface area contributed by atoms with Gasteiger partial charge < -0.3 is 0 Å². The fourth-order valence-corrected chi connectivity index (χ4v) is 2.31. The van der Waals surface area contributed by atoms with Gasteiger partial charge in [-0.2, -0.15) is 0 Å². The van der Waals surface area contributed by atoms with Gasteiger partial charge in [0, 0.05) is 0 Å². The van der Waals surface area contributed by atoms with Crippen molar-refractivity contribution in [3.63, 3.8) is 0 Å². The molecule has 1 amide bonds. The van der Waals surface area contributed by atoms with Crippen molar-refractivity contribution in [3.8, 4) is 0 Å². The van der Waals surface area contributed by atoms with Gasteiger partial charge >= 0.3 is 0 Å². The van der Waals surface area contributed by atoms with Crippen molar-refractivity contribution in [3.05, 3.63) is 0 Å². The van der Waals surface area contributed by atoms with Crippen LogP contribution in [0.4, 0.5) is 0 Å². The molecule has 0 aliphatic carbocycles.